The molecule has 0 aromatic heterocycles. The first-order chi connectivity index (χ1) is 9.49. The first-order valence-corrected chi connectivity index (χ1v) is 7.44. The molecule has 0 aliphatic carbocycles. The maximum atomic E-state index is 14.2. The Labute approximate surface area is 120 Å². The van der Waals surface area contributed by atoms with Crippen molar-refractivity contribution in [3.63, 3.8) is 0 Å². The fourth-order valence-electron chi connectivity index (χ4n) is 2.77. The van der Waals surface area contributed by atoms with Crippen molar-refractivity contribution < 1.29 is 8.78 Å². The number of anilines is 1. The van der Waals surface area contributed by atoms with Gasteiger partial charge in [0, 0.05) is 19.1 Å². The van der Waals surface area contributed by atoms with Crippen LogP contribution in [0.15, 0.2) is 12.1 Å². The van der Waals surface area contributed by atoms with Crippen molar-refractivity contribution >= 4 is 5.69 Å². The molecule has 2 nitrogen and oxygen atoms in total. The molecule has 1 aromatic carbocycles. The number of rotatable bonds is 5. The van der Waals surface area contributed by atoms with Gasteiger partial charge in [-0.3, -0.25) is 0 Å². The van der Waals surface area contributed by atoms with Crippen molar-refractivity contribution in [3.05, 3.63) is 29.3 Å². The second kappa shape index (κ2) is 6.53. The van der Waals surface area contributed by atoms with Crippen LogP contribution >= 0.6 is 0 Å². The van der Waals surface area contributed by atoms with Crippen molar-refractivity contribution in [1.29, 1.82) is 0 Å². The van der Waals surface area contributed by atoms with Crippen LogP contribution in [-0.4, -0.2) is 19.1 Å². The molecule has 1 aromatic rings. The van der Waals surface area contributed by atoms with Crippen LogP contribution in [0.1, 0.15) is 39.2 Å². The monoisotopic (exact) mass is 282 g/mol. The van der Waals surface area contributed by atoms with Gasteiger partial charge in [-0.1, -0.05) is 13.8 Å². The van der Waals surface area contributed by atoms with Gasteiger partial charge < -0.3 is 10.2 Å². The van der Waals surface area contributed by atoms with Crippen LogP contribution in [0.3, 0.4) is 0 Å². The van der Waals surface area contributed by atoms with E-state index in [4.69, 9.17) is 0 Å². The summed E-state index contributed by atoms with van der Waals surface area (Å²) in [6.07, 6.45) is 1.99. The highest BCUT2D eigenvalue weighted by Crippen LogP contribution is 2.31. The van der Waals surface area contributed by atoms with E-state index in [1.807, 2.05) is 11.8 Å². The lowest BCUT2D eigenvalue weighted by molar-refractivity contribution is 0.540. The summed E-state index contributed by atoms with van der Waals surface area (Å²) in [6, 6.07) is 3.12. The topological polar surface area (TPSA) is 15.3 Å². The van der Waals surface area contributed by atoms with Crippen molar-refractivity contribution in [2.45, 2.75) is 46.2 Å². The Bertz CT molecular complexity index is 437. The van der Waals surface area contributed by atoms with Crippen LogP contribution in [0, 0.1) is 17.6 Å². The van der Waals surface area contributed by atoms with Gasteiger partial charge in [0.15, 0.2) is 0 Å². The lowest BCUT2D eigenvalue weighted by Gasteiger charge is -2.25. The van der Waals surface area contributed by atoms with Crippen LogP contribution in [0.4, 0.5) is 14.5 Å². The minimum atomic E-state index is -0.444. The van der Waals surface area contributed by atoms with Gasteiger partial charge in [-0.25, -0.2) is 8.78 Å². The van der Waals surface area contributed by atoms with Crippen molar-refractivity contribution in [2.24, 2.45) is 5.92 Å². The third kappa shape index (κ3) is 3.48. The van der Waals surface area contributed by atoms with E-state index in [-0.39, 0.29) is 11.7 Å². The first kappa shape index (κ1) is 15.2. The molecule has 0 radical (unpaired) electrons. The van der Waals surface area contributed by atoms with E-state index < -0.39 is 11.6 Å². The maximum absolute atomic E-state index is 14.2. The SMILES string of the molecule is CC(C)CNCc1cc(F)c(N2CCCC2C)c(F)c1. The van der Waals surface area contributed by atoms with E-state index in [1.165, 1.54) is 12.1 Å². The Kier molecular flexibility index (Phi) is 4.97. The smallest absolute Gasteiger partial charge is 0.149 e. The van der Waals surface area contributed by atoms with E-state index in [9.17, 15) is 8.78 Å². The molecule has 1 heterocycles. The Morgan fingerprint density at radius 1 is 1.30 bits per heavy atom. The van der Waals surface area contributed by atoms with Crippen LogP contribution in [0.5, 0.6) is 0 Å². The van der Waals surface area contributed by atoms with Gasteiger partial charge in [0.05, 0.1) is 0 Å². The molecule has 1 N–H and O–H groups in total. The number of benzene rings is 1. The molecule has 1 aliphatic heterocycles. The Hall–Kier alpha value is -1.16. The largest absolute Gasteiger partial charge is 0.364 e. The van der Waals surface area contributed by atoms with E-state index in [1.54, 1.807) is 0 Å². The van der Waals surface area contributed by atoms with Gasteiger partial charge >= 0.3 is 0 Å². The Morgan fingerprint density at radius 2 is 1.95 bits per heavy atom. The summed E-state index contributed by atoms with van der Waals surface area (Å²) in [5.74, 6) is -0.366. The van der Waals surface area contributed by atoms with E-state index in [2.05, 4.69) is 19.2 Å². The quantitative estimate of drug-likeness (QED) is 0.886. The molecular formula is C16H24F2N2. The summed E-state index contributed by atoms with van der Waals surface area (Å²) in [6.45, 7) is 8.30. The molecule has 1 aliphatic rings. The fraction of sp³-hybridized carbons (Fsp3) is 0.625. The molecule has 1 saturated heterocycles. The predicted molar refractivity (Wildman–Crippen MR) is 78.9 cm³/mol. The average Bonchev–Trinajstić information content (AvgIpc) is 2.74. The fourth-order valence-corrected chi connectivity index (χ4v) is 2.77. The zero-order valence-electron chi connectivity index (χ0n) is 12.5. The van der Waals surface area contributed by atoms with Gasteiger partial charge in [0.1, 0.15) is 17.3 Å². The zero-order valence-corrected chi connectivity index (χ0v) is 12.5. The average molecular weight is 282 g/mol. The molecule has 0 amide bonds. The lowest BCUT2D eigenvalue weighted by atomic mass is 10.1. The van der Waals surface area contributed by atoms with Gasteiger partial charge in [-0.2, -0.15) is 0 Å². The minimum absolute atomic E-state index is 0.141. The standard InChI is InChI=1S/C16H24F2N2/c1-11(2)9-19-10-13-7-14(17)16(15(18)8-13)20-6-4-5-12(20)3/h7-8,11-12,19H,4-6,9-10H2,1-3H3. The molecule has 2 rings (SSSR count). The summed E-state index contributed by atoms with van der Waals surface area (Å²) < 4.78 is 28.4. The highest BCUT2D eigenvalue weighted by Gasteiger charge is 2.26. The highest BCUT2D eigenvalue weighted by molar-refractivity contribution is 5.52. The molecule has 20 heavy (non-hydrogen) atoms. The third-order valence-electron chi connectivity index (χ3n) is 3.80. The molecule has 0 spiro atoms. The molecule has 1 fully saturated rings. The third-order valence-corrected chi connectivity index (χ3v) is 3.80. The lowest BCUT2D eigenvalue weighted by Crippen LogP contribution is -2.28. The zero-order chi connectivity index (χ0) is 14.7. The molecule has 0 saturated carbocycles. The van der Waals surface area contributed by atoms with Gasteiger partial charge in [-0.15, -0.1) is 0 Å². The van der Waals surface area contributed by atoms with Crippen LogP contribution in [0.25, 0.3) is 0 Å². The molecule has 112 valence electrons. The summed E-state index contributed by atoms with van der Waals surface area (Å²) in [7, 11) is 0. The van der Waals surface area contributed by atoms with Crippen LogP contribution in [0.2, 0.25) is 0 Å². The van der Waals surface area contributed by atoms with Crippen molar-refractivity contribution in [2.75, 3.05) is 18.0 Å². The number of hydrogen-bond acceptors (Lipinski definition) is 2. The van der Waals surface area contributed by atoms with Crippen molar-refractivity contribution in [1.82, 2.24) is 5.32 Å². The predicted octanol–water partition coefficient (Wildman–Crippen LogP) is 3.70. The van der Waals surface area contributed by atoms with Crippen molar-refractivity contribution in [3.8, 4) is 0 Å². The van der Waals surface area contributed by atoms with E-state index in [0.717, 1.165) is 25.9 Å². The molecule has 4 heteroatoms. The second-order valence-electron chi connectivity index (χ2n) is 6.12. The van der Waals surface area contributed by atoms with E-state index >= 15 is 0 Å². The summed E-state index contributed by atoms with van der Waals surface area (Å²) >= 11 is 0. The Balaban J connectivity index is 2.12. The number of halogens is 2. The summed E-state index contributed by atoms with van der Waals surface area (Å²) in [5.41, 5.74) is 0.804. The van der Waals surface area contributed by atoms with E-state index in [0.29, 0.717) is 18.0 Å². The number of nitrogens with zero attached hydrogens (tertiary/aromatic N) is 1. The molecule has 1 unspecified atom stereocenters. The second-order valence-corrected chi connectivity index (χ2v) is 6.12. The highest BCUT2D eigenvalue weighted by atomic mass is 19.1. The number of nitrogens with one attached hydrogen (secondary N) is 1. The molecule has 1 atom stereocenters. The van der Waals surface area contributed by atoms with Gasteiger partial charge in [-0.05, 0) is 49.9 Å². The van der Waals surface area contributed by atoms with Crippen LogP contribution in [-0.2, 0) is 6.54 Å². The van der Waals surface area contributed by atoms with Gasteiger partial charge in [0.25, 0.3) is 0 Å². The normalized spacial score (nSPS) is 19.1. The van der Waals surface area contributed by atoms with Gasteiger partial charge in [0.2, 0.25) is 0 Å². The Morgan fingerprint density at radius 3 is 2.45 bits per heavy atom. The molecule has 0 bridgehead atoms. The minimum Gasteiger partial charge on any atom is -0.364 e. The maximum Gasteiger partial charge on any atom is 0.149 e. The summed E-state index contributed by atoms with van der Waals surface area (Å²) in [4.78, 5) is 1.84. The van der Waals surface area contributed by atoms with Crippen LogP contribution < -0.4 is 10.2 Å². The first-order valence-electron chi connectivity index (χ1n) is 7.44. The number of hydrogen-bond donors (Lipinski definition) is 1. The molecular weight excluding hydrogens is 258 g/mol. The summed E-state index contributed by atoms with van der Waals surface area (Å²) in [5, 5.41) is 3.21.